The lowest BCUT2D eigenvalue weighted by molar-refractivity contribution is 0.0210. The average molecular weight is 356 g/mol. The predicted octanol–water partition coefficient (Wildman–Crippen LogP) is 3.94. The summed E-state index contributed by atoms with van der Waals surface area (Å²) in [6.07, 6.45) is 3.18. The van der Waals surface area contributed by atoms with E-state index >= 15 is 0 Å². The molecule has 1 aromatic heterocycles. The summed E-state index contributed by atoms with van der Waals surface area (Å²) in [5.41, 5.74) is 9.42. The van der Waals surface area contributed by atoms with Gasteiger partial charge in [-0.25, -0.2) is 4.79 Å². The summed E-state index contributed by atoms with van der Waals surface area (Å²) < 4.78 is 5.46. The van der Waals surface area contributed by atoms with Crippen molar-refractivity contribution in [2.24, 2.45) is 0 Å². The van der Waals surface area contributed by atoms with E-state index in [-0.39, 0.29) is 12.1 Å². The third-order valence-electron chi connectivity index (χ3n) is 4.55. The summed E-state index contributed by atoms with van der Waals surface area (Å²) in [7, 11) is 0. The smallest absolute Gasteiger partial charge is 0.410 e. The van der Waals surface area contributed by atoms with Crippen molar-refractivity contribution in [3.8, 4) is 0 Å². The van der Waals surface area contributed by atoms with Gasteiger partial charge < -0.3 is 20.7 Å². The molecule has 0 unspecified atom stereocenters. The normalized spacial score (nSPS) is 15.9. The van der Waals surface area contributed by atoms with E-state index in [1.165, 1.54) is 5.56 Å². The Kier molecular flexibility index (Phi) is 4.94. The van der Waals surface area contributed by atoms with Crippen LogP contribution in [-0.4, -0.2) is 40.7 Å². The van der Waals surface area contributed by atoms with Gasteiger partial charge >= 0.3 is 6.09 Å². The Morgan fingerprint density at radius 1 is 1.31 bits per heavy atom. The average Bonchev–Trinajstić information content (AvgIpc) is 2.56. The number of hydrogen-bond acceptors (Lipinski definition) is 5. The number of nitrogens with two attached hydrogens (primary N) is 1. The molecular formula is C20H28N4O2. The van der Waals surface area contributed by atoms with Crippen LogP contribution >= 0.6 is 0 Å². The van der Waals surface area contributed by atoms with E-state index in [9.17, 15) is 4.79 Å². The van der Waals surface area contributed by atoms with Crippen molar-refractivity contribution in [3.05, 3.63) is 30.0 Å². The Balaban J connectivity index is 1.69. The highest BCUT2D eigenvalue weighted by molar-refractivity contribution is 5.97. The molecule has 1 aliphatic heterocycles. The van der Waals surface area contributed by atoms with Crippen LogP contribution in [0, 0.1) is 6.92 Å². The number of aromatic nitrogens is 1. The number of nitrogen functional groups attached to an aromatic ring is 1. The number of anilines is 2. The third-order valence-corrected chi connectivity index (χ3v) is 4.55. The highest BCUT2D eigenvalue weighted by Crippen LogP contribution is 2.30. The van der Waals surface area contributed by atoms with Crippen molar-refractivity contribution in [1.29, 1.82) is 0 Å². The maximum absolute atomic E-state index is 12.2. The summed E-state index contributed by atoms with van der Waals surface area (Å²) in [6.45, 7) is 9.07. The number of benzene rings is 1. The largest absolute Gasteiger partial charge is 0.444 e. The fraction of sp³-hybridized carbons (Fsp3) is 0.500. The fourth-order valence-corrected chi connectivity index (χ4v) is 3.22. The second-order valence-electron chi connectivity index (χ2n) is 8.00. The molecule has 1 aliphatic rings. The molecule has 0 saturated carbocycles. The molecule has 0 spiro atoms. The monoisotopic (exact) mass is 356 g/mol. The zero-order valence-corrected chi connectivity index (χ0v) is 16.0. The number of aryl methyl sites for hydroxylation is 1. The van der Waals surface area contributed by atoms with E-state index in [4.69, 9.17) is 10.5 Å². The first kappa shape index (κ1) is 18.3. The van der Waals surface area contributed by atoms with Gasteiger partial charge in [0.25, 0.3) is 0 Å². The molecule has 0 atom stereocenters. The number of fused-ring (bicyclic) bond motifs is 1. The highest BCUT2D eigenvalue weighted by Gasteiger charge is 2.27. The first-order valence-corrected chi connectivity index (χ1v) is 9.12. The molecule has 0 radical (unpaired) electrons. The number of hydrogen-bond donors (Lipinski definition) is 2. The first-order valence-electron chi connectivity index (χ1n) is 9.12. The van der Waals surface area contributed by atoms with Crippen LogP contribution in [0.15, 0.2) is 24.4 Å². The SMILES string of the molecule is Cc1ccc2ncc(N)c(NC3CCN(C(=O)OC(C)(C)C)CC3)c2c1. The zero-order chi connectivity index (χ0) is 18.9. The van der Waals surface area contributed by atoms with Gasteiger partial charge in [-0.15, -0.1) is 0 Å². The van der Waals surface area contributed by atoms with Crippen LogP contribution in [0.4, 0.5) is 16.2 Å². The van der Waals surface area contributed by atoms with Gasteiger partial charge in [0.15, 0.2) is 0 Å². The second-order valence-corrected chi connectivity index (χ2v) is 8.00. The molecule has 2 heterocycles. The lowest BCUT2D eigenvalue weighted by Crippen LogP contribution is -2.44. The number of amides is 1. The van der Waals surface area contributed by atoms with Crippen molar-refractivity contribution >= 4 is 28.4 Å². The lowest BCUT2D eigenvalue weighted by atomic mass is 10.0. The number of carbonyl (C=O) groups is 1. The highest BCUT2D eigenvalue weighted by atomic mass is 16.6. The molecule has 0 bridgehead atoms. The number of pyridine rings is 1. The Bertz CT molecular complexity index is 800. The van der Waals surface area contributed by atoms with Gasteiger partial charge in [0.05, 0.1) is 23.1 Å². The Hall–Kier alpha value is -2.50. The number of carbonyl (C=O) groups excluding carboxylic acids is 1. The number of rotatable bonds is 2. The molecule has 6 nitrogen and oxygen atoms in total. The predicted molar refractivity (Wildman–Crippen MR) is 105 cm³/mol. The molecule has 1 saturated heterocycles. The Labute approximate surface area is 154 Å². The van der Waals surface area contributed by atoms with E-state index in [0.29, 0.717) is 18.8 Å². The minimum absolute atomic E-state index is 0.236. The number of piperidine rings is 1. The van der Waals surface area contributed by atoms with Crippen LogP contribution in [-0.2, 0) is 4.74 Å². The maximum Gasteiger partial charge on any atom is 0.410 e. The summed E-state index contributed by atoms with van der Waals surface area (Å²) in [5.74, 6) is 0. The molecular weight excluding hydrogens is 328 g/mol. The maximum atomic E-state index is 12.2. The summed E-state index contributed by atoms with van der Waals surface area (Å²) in [5, 5.41) is 4.62. The summed E-state index contributed by atoms with van der Waals surface area (Å²) in [4.78, 5) is 18.4. The Morgan fingerprint density at radius 3 is 2.65 bits per heavy atom. The van der Waals surface area contributed by atoms with Crippen LogP contribution in [0.25, 0.3) is 10.9 Å². The van der Waals surface area contributed by atoms with Crippen molar-refractivity contribution in [1.82, 2.24) is 9.88 Å². The minimum atomic E-state index is -0.464. The molecule has 3 rings (SSSR count). The molecule has 0 aliphatic carbocycles. The van der Waals surface area contributed by atoms with Crippen LogP contribution in [0.2, 0.25) is 0 Å². The summed E-state index contributed by atoms with van der Waals surface area (Å²) in [6, 6.07) is 6.44. The van der Waals surface area contributed by atoms with Crippen molar-refractivity contribution in [2.45, 2.75) is 52.2 Å². The molecule has 1 aromatic carbocycles. The number of nitrogens with one attached hydrogen (secondary N) is 1. The van der Waals surface area contributed by atoms with Crippen LogP contribution in [0.1, 0.15) is 39.2 Å². The van der Waals surface area contributed by atoms with Crippen molar-refractivity contribution < 1.29 is 9.53 Å². The van der Waals surface area contributed by atoms with Gasteiger partial charge in [-0.3, -0.25) is 4.98 Å². The second kappa shape index (κ2) is 7.02. The van der Waals surface area contributed by atoms with Gasteiger partial charge in [0.2, 0.25) is 0 Å². The van der Waals surface area contributed by atoms with Gasteiger partial charge in [-0.1, -0.05) is 11.6 Å². The molecule has 1 amide bonds. The standard InChI is InChI=1S/C20H28N4O2/c1-13-5-6-17-15(11-13)18(16(21)12-22-17)23-14-7-9-24(10-8-14)19(25)26-20(2,3)4/h5-6,11-12,14H,7-10,21H2,1-4H3,(H,22,23). The van der Waals surface area contributed by atoms with Crippen LogP contribution in [0.3, 0.4) is 0 Å². The van der Waals surface area contributed by atoms with Crippen LogP contribution in [0.5, 0.6) is 0 Å². The number of likely N-dealkylation sites (tertiary alicyclic amines) is 1. The van der Waals surface area contributed by atoms with E-state index in [1.807, 2.05) is 26.8 Å². The lowest BCUT2D eigenvalue weighted by Gasteiger charge is -2.34. The quantitative estimate of drug-likeness (QED) is 0.852. The van der Waals surface area contributed by atoms with E-state index in [1.54, 1.807) is 11.1 Å². The van der Waals surface area contributed by atoms with Gasteiger partial charge in [-0.2, -0.15) is 0 Å². The van der Waals surface area contributed by atoms with Crippen LogP contribution < -0.4 is 11.1 Å². The zero-order valence-electron chi connectivity index (χ0n) is 16.0. The third kappa shape index (κ3) is 4.18. The van der Waals surface area contributed by atoms with Gasteiger partial charge in [0.1, 0.15) is 5.60 Å². The van der Waals surface area contributed by atoms with E-state index in [2.05, 4.69) is 29.4 Å². The van der Waals surface area contributed by atoms with Crippen molar-refractivity contribution in [2.75, 3.05) is 24.1 Å². The van der Waals surface area contributed by atoms with E-state index < -0.39 is 5.60 Å². The molecule has 1 fully saturated rings. The number of nitrogens with zero attached hydrogens (tertiary/aromatic N) is 2. The minimum Gasteiger partial charge on any atom is -0.444 e. The Morgan fingerprint density at radius 2 is 2.00 bits per heavy atom. The molecule has 2 aromatic rings. The first-order chi connectivity index (χ1) is 12.2. The topological polar surface area (TPSA) is 80.5 Å². The number of ether oxygens (including phenoxy) is 1. The van der Waals surface area contributed by atoms with Gasteiger partial charge in [-0.05, 0) is 52.7 Å². The van der Waals surface area contributed by atoms with E-state index in [0.717, 1.165) is 29.4 Å². The molecule has 3 N–H and O–H groups in total. The van der Waals surface area contributed by atoms with Gasteiger partial charge in [0, 0.05) is 24.5 Å². The van der Waals surface area contributed by atoms with Crippen molar-refractivity contribution in [3.63, 3.8) is 0 Å². The fourth-order valence-electron chi connectivity index (χ4n) is 3.22. The molecule has 140 valence electrons. The summed E-state index contributed by atoms with van der Waals surface area (Å²) >= 11 is 0. The molecule has 6 heteroatoms. The molecule has 26 heavy (non-hydrogen) atoms.